The SMILES string of the molecule is O=C(NCc1ccc(OC(F)(F)F)cc1)N1CCN(c2ccc(C(F)(F)F)cc2[N+](=O)[O-])CC1. The molecule has 0 saturated carbocycles. The Balaban J connectivity index is 1.55. The van der Waals surface area contributed by atoms with Gasteiger partial charge >= 0.3 is 18.6 Å². The number of carbonyl (C=O) groups excluding carboxylic acids is 1. The number of hydrogen-bond donors (Lipinski definition) is 1. The van der Waals surface area contributed by atoms with Gasteiger partial charge in [0.1, 0.15) is 11.4 Å². The number of urea groups is 1. The minimum Gasteiger partial charge on any atom is -0.406 e. The molecule has 1 fully saturated rings. The van der Waals surface area contributed by atoms with Gasteiger partial charge in [0, 0.05) is 38.8 Å². The predicted molar refractivity (Wildman–Crippen MR) is 107 cm³/mol. The van der Waals surface area contributed by atoms with Crippen molar-refractivity contribution >= 4 is 17.4 Å². The molecule has 3 rings (SSSR count). The third kappa shape index (κ3) is 6.42. The molecular formula is C20H18F6N4O4. The van der Waals surface area contributed by atoms with E-state index >= 15 is 0 Å². The highest BCUT2D eigenvalue weighted by Crippen LogP contribution is 2.36. The highest BCUT2D eigenvalue weighted by Gasteiger charge is 2.34. The monoisotopic (exact) mass is 492 g/mol. The maximum Gasteiger partial charge on any atom is 0.573 e. The van der Waals surface area contributed by atoms with E-state index in [0.29, 0.717) is 11.6 Å². The second-order valence-corrected chi connectivity index (χ2v) is 7.28. The second kappa shape index (κ2) is 9.65. The summed E-state index contributed by atoms with van der Waals surface area (Å²) in [5.41, 5.74) is -1.24. The average molecular weight is 492 g/mol. The third-order valence-electron chi connectivity index (χ3n) is 5.01. The predicted octanol–water partition coefficient (Wildman–Crippen LogP) is 4.54. The molecule has 0 bridgehead atoms. The molecule has 2 aromatic rings. The summed E-state index contributed by atoms with van der Waals surface area (Å²) < 4.78 is 79.0. The number of rotatable bonds is 5. The van der Waals surface area contributed by atoms with Crippen molar-refractivity contribution in [3.63, 3.8) is 0 Å². The van der Waals surface area contributed by atoms with Crippen LogP contribution in [0.25, 0.3) is 0 Å². The van der Waals surface area contributed by atoms with Crippen LogP contribution in [0.5, 0.6) is 5.75 Å². The Morgan fingerprint density at radius 2 is 1.62 bits per heavy atom. The number of hydrogen-bond acceptors (Lipinski definition) is 5. The molecule has 14 heteroatoms. The first-order valence-corrected chi connectivity index (χ1v) is 9.81. The molecule has 184 valence electrons. The molecule has 1 heterocycles. The molecule has 1 aliphatic rings. The zero-order valence-electron chi connectivity index (χ0n) is 17.3. The van der Waals surface area contributed by atoms with Gasteiger partial charge in [0.15, 0.2) is 0 Å². The fraction of sp³-hybridized carbons (Fsp3) is 0.350. The van der Waals surface area contributed by atoms with Gasteiger partial charge < -0.3 is 19.9 Å². The number of carbonyl (C=O) groups is 1. The van der Waals surface area contributed by atoms with E-state index in [4.69, 9.17) is 0 Å². The lowest BCUT2D eigenvalue weighted by atomic mass is 10.1. The zero-order chi connectivity index (χ0) is 25.1. The van der Waals surface area contributed by atoms with Crippen LogP contribution in [0.2, 0.25) is 0 Å². The van der Waals surface area contributed by atoms with Crippen LogP contribution >= 0.6 is 0 Å². The van der Waals surface area contributed by atoms with Crippen LogP contribution in [0.3, 0.4) is 0 Å². The van der Waals surface area contributed by atoms with Crippen LogP contribution in [0.1, 0.15) is 11.1 Å². The van der Waals surface area contributed by atoms with E-state index < -0.39 is 40.5 Å². The maximum atomic E-state index is 12.9. The summed E-state index contributed by atoms with van der Waals surface area (Å²) in [5, 5.41) is 13.9. The third-order valence-corrected chi connectivity index (χ3v) is 5.01. The smallest absolute Gasteiger partial charge is 0.406 e. The number of nitro groups is 1. The van der Waals surface area contributed by atoms with E-state index in [-0.39, 0.29) is 38.4 Å². The molecule has 0 unspecified atom stereocenters. The number of nitro benzene ring substituents is 1. The number of alkyl halides is 6. The minimum absolute atomic E-state index is 0.0271. The largest absolute Gasteiger partial charge is 0.573 e. The summed E-state index contributed by atoms with van der Waals surface area (Å²) in [5.74, 6) is -0.393. The lowest BCUT2D eigenvalue weighted by Crippen LogP contribution is -2.51. The van der Waals surface area contributed by atoms with Gasteiger partial charge in [0.25, 0.3) is 5.69 Å². The van der Waals surface area contributed by atoms with Crippen LogP contribution in [0.4, 0.5) is 42.5 Å². The van der Waals surface area contributed by atoms with Crippen LogP contribution in [0, 0.1) is 10.1 Å². The van der Waals surface area contributed by atoms with E-state index in [1.54, 1.807) is 0 Å². The summed E-state index contributed by atoms with van der Waals surface area (Å²) >= 11 is 0. The van der Waals surface area contributed by atoms with Gasteiger partial charge in [-0.05, 0) is 29.8 Å². The molecule has 1 saturated heterocycles. The van der Waals surface area contributed by atoms with Crippen LogP contribution < -0.4 is 15.0 Å². The van der Waals surface area contributed by atoms with Crippen molar-refractivity contribution < 1.29 is 40.8 Å². The van der Waals surface area contributed by atoms with E-state index in [2.05, 4.69) is 10.1 Å². The lowest BCUT2D eigenvalue weighted by molar-refractivity contribution is -0.384. The number of ether oxygens (including phenoxy) is 1. The molecule has 1 aliphatic heterocycles. The Hall–Kier alpha value is -3.71. The minimum atomic E-state index is -4.81. The number of anilines is 1. The molecular weight excluding hydrogens is 474 g/mol. The van der Waals surface area contributed by atoms with E-state index in [1.807, 2.05) is 0 Å². The van der Waals surface area contributed by atoms with Crippen molar-refractivity contribution in [3.8, 4) is 5.75 Å². The van der Waals surface area contributed by atoms with Crippen molar-refractivity contribution in [2.45, 2.75) is 19.1 Å². The fourth-order valence-corrected chi connectivity index (χ4v) is 3.36. The van der Waals surface area contributed by atoms with E-state index in [0.717, 1.165) is 24.3 Å². The summed E-state index contributed by atoms with van der Waals surface area (Å²) in [7, 11) is 0. The van der Waals surface area contributed by atoms with Gasteiger partial charge in [-0.3, -0.25) is 10.1 Å². The lowest BCUT2D eigenvalue weighted by Gasteiger charge is -2.35. The maximum absolute atomic E-state index is 12.9. The van der Waals surface area contributed by atoms with Gasteiger partial charge in [0.05, 0.1) is 10.5 Å². The molecule has 34 heavy (non-hydrogen) atoms. The van der Waals surface area contributed by atoms with Gasteiger partial charge in [-0.15, -0.1) is 13.2 Å². The highest BCUT2D eigenvalue weighted by molar-refractivity contribution is 5.75. The molecule has 8 nitrogen and oxygen atoms in total. The van der Waals surface area contributed by atoms with Gasteiger partial charge in [-0.25, -0.2) is 4.79 Å². The normalized spacial score (nSPS) is 14.6. The molecule has 0 spiro atoms. The quantitative estimate of drug-likeness (QED) is 0.376. The van der Waals surface area contributed by atoms with Crippen molar-refractivity contribution in [2.75, 3.05) is 31.1 Å². The number of benzene rings is 2. The van der Waals surface area contributed by atoms with Crippen LogP contribution in [0.15, 0.2) is 42.5 Å². The first-order chi connectivity index (χ1) is 15.8. The second-order valence-electron chi connectivity index (χ2n) is 7.28. The highest BCUT2D eigenvalue weighted by atomic mass is 19.4. The number of halogens is 6. The summed E-state index contributed by atoms with van der Waals surface area (Å²) in [6.45, 7) is 0.659. The van der Waals surface area contributed by atoms with Crippen molar-refractivity contribution in [3.05, 3.63) is 63.7 Å². The van der Waals surface area contributed by atoms with Gasteiger partial charge in [-0.2, -0.15) is 13.2 Å². The molecule has 2 aromatic carbocycles. The number of amides is 2. The first-order valence-electron chi connectivity index (χ1n) is 9.81. The summed E-state index contributed by atoms with van der Waals surface area (Å²) in [6.07, 6.45) is -9.52. The van der Waals surface area contributed by atoms with Gasteiger partial charge in [0.2, 0.25) is 0 Å². The van der Waals surface area contributed by atoms with Crippen LogP contribution in [-0.4, -0.2) is 48.4 Å². The standard InChI is InChI=1S/C20H18F6N4O4/c21-19(22,23)14-3-6-16(17(11-14)30(32)33)28-7-9-29(10-8-28)18(31)27-12-13-1-4-15(5-2-13)34-20(24,25)26/h1-6,11H,7-10,12H2,(H,27,31). The topological polar surface area (TPSA) is 88.0 Å². The number of nitrogens with zero attached hydrogens (tertiary/aromatic N) is 3. The van der Waals surface area contributed by atoms with E-state index in [9.17, 15) is 41.3 Å². The Morgan fingerprint density at radius 3 is 2.15 bits per heavy atom. The Morgan fingerprint density at radius 1 is 1.00 bits per heavy atom. The molecule has 0 aliphatic carbocycles. The molecule has 0 atom stereocenters. The molecule has 0 aromatic heterocycles. The van der Waals surface area contributed by atoms with E-state index in [1.165, 1.54) is 21.9 Å². The van der Waals surface area contributed by atoms with Crippen molar-refractivity contribution in [1.82, 2.24) is 10.2 Å². The summed E-state index contributed by atoms with van der Waals surface area (Å²) in [6, 6.07) is 6.80. The fourth-order valence-electron chi connectivity index (χ4n) is 3.36. The van der Waals surface area contributed by atoms with Crippen molar-refractivity contribution in [2.24, 2.45) is 0 Å². The Kier molecular flexibility index (Phi) is 7.07. The molecule has 2 amide bonds. The average Bonchev–Trinajstić information content (AvgIpc) is 2.76. The van der Waals surface area contributed by atoms with Crippen LogP contribution in [-0.2, 0) is 12.7 Å². The van der Waals surface area contributed by atoms with Crippen molar-refractivity contribution in [1.29, 1.82) is 0 Å². The first kappa shape index (κ1) is 24.9. The number of nitrogens with one attached hydrogen (secondary N) is 1. The Labute approximate surface area is 188 Å². The Bertz CT molecular complexity index is 1030. The molecule has 0 radical (unpaired) electrons. The van der Waals surface area contributed by atoms with Gasteiger partial charge in [-0.1, -0.05) is 12.1 Å². The number of piperazine rings is 1. The zero-order valence-corrected chi connectivity index (χ0v) is 17.3. The molecule has 1 N–H and O–H groups in total. The summed E-state index contributed by atoms with van der Waals surface area (Å²) in [4.78, 5) is 25.8.